The molecule has 0 aliphatic carbocycles. The van der Waals surface area contributed by atoms with Crippen molar-refractivity contribution in [1.82, 2.24) is 14.9 Å². The molecular weight excluding hydrogens is 594 g/mol. The van der Waals surface area contributed by atoms with Gasteiger partial charge in [0.05, 0.1) is 36.2 Å². The maximum absolute atomic E-state index is 16.8. The number of nitrogens with zero attached hydrogens (tertiary/aromatic N) is 5. The molecule has 3 aliphatic heterocycles. The largest absolute Gasteiger partial charge is 0.465 e. The van der Waals surface area contributed by atoms with Gasteiger partial charge in [-0.05, 0) is 50.5 Å². The predicted molar refractivity (Wildman–Crippen MR) is 158 cm³/mol. The Morgan fingerprint density at radius 3 is 2.55 bits per heavy atom. The van der Waals surface area contributed by atoms with Crippen molar-refractivity contribution >= 4 is 55.3 Å². The van der Waals surface area contributed by atoms with Gasteiger partial charge >= 0.3 is 12.2 Å². The number of hydrogen-bond acceptors (Lipinski definition) is 9. The van der Waals surface area contributed by atoms with Gasteiger partial charge in [0.1, 0.15) is 40.2 Å². The molecule has 2 fully saturated rings. The molecule has 0 radical (unpaired) electrons. The van der Waals surface area contributed by atoms with E-state index in [0.29, 0.717) is 40.1 Å². The van der Waals surface area contributed by atoms with Gasteiger partial charge in [-0.15, -0.1) is 11.3 Å². The lowest BCUT2D eigenvalue weighted by molar-refractivity contribution is 0.0636. The summed E-state index contributed by atoms with van der Waals surface area (Å²) in [6.07, 6.45) is 0.278. The Hall–Kier alpha value is -4.61. The lowest BCUT2D eigenvalue weighted by Gasteiger charge is -2.56. The van der Waals surface area contributed by atoms with Gasteiger partial charge in [-0.1, -0.05) is 0 Å². The number of benzene rings is 2. The molecule has 2 bridgehead atoms. The van der Waals surface area contributed by atoms with Crippen LogP contribution in [-0.2, 0) is 22.7 Å². The van der Waals surface area contributed by atoms with Gasteiger partial charge in [-0.2, -0.15) is 5.26 Å². The number of nitriles is 1. The molecule has 2 N–H and O–H groups in total. The number of carbonyl (C=O) groups excluding carboxylic acids is 1. The molecule has 2 amide bonds. The first-order chi connectivity index (χ1) is 21.0. The highest BCUT2D eigenvalue weighted by Crippen LogP contribution is 2.49. The molecule has 0 saturated carbocycles. The number of aromatic nitrogens is 2. The van der Waals surface area contributed by atoms with Gasteiger partial charge in [0.15, 0.2) is 5.82 Å². The number of carboxylic acid groups (broad SMARTS) is 1. The Morgan fingerprint density at radius 1 is 1.14 bits per heavy atom. The monoisotopic (exact) mass is 620 g/mol. The van der Waals surface area contributed by atoms with Gasteiger partial charge in [-0.3, -0.25) is 5.32 Å². The Labute approximate surface area is 253 Å². The smallest absolute Gasteiger partial charge is 0.412 e. The summed E-state index contributed by atoms with van der Waals surface area (Å²) in [4.78, 5) is 36.3. The van der Waals surface area contributed by atoms with Gasteiger partial charge < -0.3 is 24.4 Å². The van der Waals surface area contributed by atoms with Crippen molar-refractivity contribution in [2.24, 2.45) is 0 Å². The molecule has 0 spiro atoms. The number of nitrogens with one attached hydrogen (secondary N) is 1. The molecule has 2 saturated heterocycles. The number of anilines is 2. The van der Waals surface area contributed by atoms with E-state index in [-0.39, 0.29) is 57.9 Å². The minimum Gasteiger partial charge on any atom is -0.465 e. The predicted octanol–water partition coefficient (Wildman–Crippen LogP) is 5.98. The number of thiophene rings is 1. The number of piperazine rings is 1. The quantitative estimate of drug-likeness (QED) is 0.283. The van der Waals surface area contributed by atoms with Crippen molar-refractivity contribution < 1.29 is 33.0 Å². The van der Waals surface area contributed by atoms with Crippen LogP contribution in [0.1, 0.15) is 43.9 Å². The first-order valence-electron chi connectivity index (χ1n) is 13.9. The van der Waals surface area contributed by atoms with E-state index in [4.69, 9.17) is 9.47 Å². The van der Waals surface area contributed by atoms with Crippen LogP contribution in [0.25, 0.3) is 32.1 Å². The lowest BCUT2D eigenvalue weighted by Crippen LogP contribution is -2.70. The number of amides is 2. The standard InChI is InChI=1S/C30H26F2N6O5S/c1-30(2,3)43-28(39)36-27-15(7-33)20-19(44-27)5-4-18(31)23(20)21-16-10-42-11-17(16)22-25(24(21)32)34-12-35-26(22)38-13-6-14(38)9-37(8-13)29(40)41/h4-5,12-14H,6,8-11H2,1-3H3,(H,36,39)(H,40,41). The van der Waals surface area contributed by atoms with Crippen LogP contribution in [0.15, 0.2) is 18.5 Å². The second-order valence-corrected chi connectivity index (χ2v) is 13.1. The van der Waals surface area contributed by atoms with Crippen LogP contribution >= 0.6 is 11.3 Å². The van der Waals surface area contributed by atoms with Crippen LogP contribution in [-0.4, -0.2) is 62.9 Å². The molecule has 3 aliphatic rings. The Morgan fingerprint density at radius 2 is 1.86 bits per heavy atom. The Bertz CT molecular complexity index is 1940. The van der Waals surface area contributed by atoms with E-state index in [1.165, 1.54) is 23.4 Å². The van der Waals surface area contributed by atoms with E-state index < -0.39 is 29.4 Å². The fourth-order valence-corrected chi connectivity index (χ4v) is 7.56. The molecule has 2 aromatic carbocycles. The third-order valence-electron chi connectivity index (χ3n) is 8.21. The van der Waals surface area contributed by atoms with E-state index in [9.17, 15) is 20.0 Å². The van der Waals surface area contributed by atoms with Crippen molar-refractivity contribution in [2.45, 2.75) is 58.1 Å². The molecule has 11 nitrogen and oxygen atoms in total. The van der Waals surface area contributed by atoms with Gasteiger partial charge in [-0.25, -0.2) is 28.3 Å². The molecule has 14 heteroatoms. The Balaban J connectivity index is 1.40. The lowest BCUT2D eigenvalue weighted by atomic mass is 9.86. The van der Waals surface area contributed by atoms with E-state index >= 15 is 8.78 Å². The minimum atomic E-state index is -0.984. The Kier molecular flexibility index (Phi) is 6.38. The van der Waals surface area contributed by atoms with E-state index in [2.05, 4.69) is 21.4 Å². The number of ether oxygens (including phenoxy) is 2. The number of fused-ring (bicyclic) bond motifs is 6. The third-order valence-corrected chi connectivity index (χ3v) is 9.28. The molecule has 44 heavy (non-hydrogen) atoms. The summed E-state index contributed by atoms with van der Waals surface area (Å²) in [6.45, 7) is 5.83. The summed E-state index contributed by atoms with van der Waals surface area (Å²) in [5, 5.41) is 23.0. The van der Waals surface area contributed by atoms with Crippen LogP contribution in [0.5, 0.6) is 0 Å². The van der Waals surface area contributed by atoms with Crippen LogP contribution in [0, 0.1) is 23.0 Å². The summed E-state index contributed by atoms with van der Waals surface area (Å²) in [5.41, 5.74) is 0.0358. The van der Waals surface area contributed by atoms with Crippen molar-refractivity contribution in [2.75, 3.05) is 23.3 Å². The van der Waals surface area contributed by atoms with Crippen LogP contribution in [0.3, 0.4) is 0 Å². The van der Waals surface area contributed by atoms with Gasteiger partial charge in [0, 0.05) is 34.3 Å². The number of hydrogen-bond donors (Lipinski definition) is 2. The highest BCUT2D eigenvalue weighted by Gasteiger charge is 2.48. The number of halogens is 2. The summed E-state index contributed by atoms with van der Waals surface area (Å²) in [7, 11) is 0. The van der Waals surface area contributed by atoms with Crippen molar-refractivity contribution in [1.29, 1.82) is 5.26 Å². The molecule has 4 aromatic rings. The topological polar surface area (TPSA) is 141 Å². The van der Waals surface area contributed by atoms with Gasteiger partial charge in [0.2, 0.25) is 0 Å². The molecule has 2 atom stereocenters. The first kappa shape index (κ1) is 28.2. The maximum atomic E-state index is 16.8. The highest BCUT2D eigenvalue weighted by molar-refractivity contribution is 7.23. The average Bonchev–Trinajstić information content (AvgIpc) is 3.57. The zero-order valence-electron chi connectivity index (χ0n) is 23.9. The third kappa shape index (κ3) is 4.29. The van der Waals surface area contributed by atoms with Crippen LogP contribution in [0.4, 0.5) is 29.2 Å². The number of piperidine rings is 1. The maximum Gasteiger partial charge on any atom is 0.412 e. The summed E-state index contributed by atoms with van der Waals surface area (Å²) in [6, 6.07) is 4.52. The molecule has 226 valence electrons. The molecule has 2 unspecified atom stereocenters. The van der Waals surface area contributed by atoms with E-state index in [0.717, 1.165) is 17.8 Å². The molecular formula is C30H26F2N6O5S. The first-order valence-corrected chi connectivity index (χ1v) is 14.8. The molecule has 2 aromatic heterocycles. The second kappa shape index (κ2) is 9.96. The zero-order chi connectivity index (χ0) is 31.1. The minimum absolute atomic E-state index is 0.00359. The summed E-state index contributed by atoms with van der Waals surface area (Å²) < 4.78 is 44.3. The van der Waals surface area contributed by atoms with Gasteiger partial charge in [0.25, 0.3) is 0 Å². The number of carbonyl (C=O) groups is 2. The fourth-order valence-electron chi connectivity index (χ4n) is 6.52. The number of rotatable bonds is 3. The summed E-state index contributed by atoms with van der Waals surface area (Å²) >= 11 is 1.06. The van der Waals surface area contributed by atoms with Crippen molar-refractivity contribution in [3.63, 3.8) is 0 Å². The molecule has 7 rings (SSSR count). The zero-order valence-corrected chi connectivity index (χ0v) is 24.7. The fraction of sp³-hybridized carbons (Fsp3) is 0.367. The SMILES string of the molecule is CC(C)(C)OC(=O)Nc1sc2ccc(F)c(-c3c4c(c5c(N6C7CC6CN(C(=O)O)C7)ncnc5c3F)COC4)c2c1C#N. The van der Waals surface area contributed by atoms with Crippen LogP contribution < -0.4 is 10.2 Å². The second-order valence-electron chi connectivity index (χ2n) is 12.0. The number of likely N-dealkylation sites (tertiary alicyclic amines) is 1. The summed E-state index contributed by atoms with van der Waals surface area (Å²) in [5.74, 6) is -1.04. The van der Waals surface area contributed by atoms with Crippen LogP contribution in [0.2, 0.25) is 0 Å². The molecule has 5 heterocycles. The van der Waals surface area contributed by atoms with Crippen molar-refractivity contribution in [3.05, 3.63) is 46.8 Å². The van der Waals surface area contributed by atoms with E-state index in [1.807, 2.05) is 4.90 Å². The normalized spacial score (nSPS) is 19.1. The van der Waals surface area contributed by atoms with Crippen molar-refractivity contribution in [3.8, 4) is 17.2 Å². The average molecular weight is 621 g/mol. The highest BCUT2D eigenvalue weighted by atomic mass is 32.1. The van der Waals surface area contributed by atoms with E-state index in [1.54, 1.807) is 20.8 Å².